The Morgan fingerprint density at radius 2 is 0.516 bits per heavy atom. The zero-order valence-corrected chi connectivity index (χ0v) is 43.3. The van der Waals surface area contributed by atoms with Crippen molar-refractivity contribution >= 4 is 17.9 Å². The van der Waals surface area contributed by atoms with Gasteiger partial charge >= 0.3 is 17.9 Å². The van der Waals surface area contributed by atoms with E-state index >= 15 is 0 Å². The molecule has 0 amide bonds. The molecule has 0 aliphatic carbocycles. The molecule has 0 aliphatic heterocycles. The summed E-state index contributed by atoms with van der Waals surface area (Å²) in [6.07, 6.45) is 60.7. The fourth-order valence-corrected chi connectivity index (χ4v) is 8.68. The molecule has 0 aliphatic rings. The molecular weight excluding hydrogens is 793 g/mol. The first kappa shape index (κ1) is 62.1. The third-order valence-electron chi connectivity index (χ3n) is 13.0. The van der Waals surface area contributed by atoms with Gasteiger partial charge in [0.15, 0.2) is 6.10 Å². The number of esters is 3. The maximum absolute atomic E-state index is 12.8. The second kappa shape index (κ2) is 53.8. The zero-order chi connectivity index (χ0) is 46.5. The Morgan fingerprint density at radius 3 is 0.781 bits per heavy atom. The maximum atomic E-state index is 12.8. The van der Waals surface area contributed by atoms with Gasteiger partial charge < -0.3 is 14.2 Å². The number of hydrogen-bond donors (Lipinski definition) is 0. The summed E-state index contributed by atoms with van der Waals surface area (Å²) in [5.74, 6) is -0.850. The lowest BCUT2D eigenvalue weighted by Crippen LogP contribution is -2.30. The van der Waals surface area contributed by atoms with E-state index in [1.807, 2.05) is 0 Å². The summed E-state index contributed by atoms with van der Waals surface area (Å²) in [7, 11) is 0. The van der Waals surface area contributed by atoms with Gasteiger partial charge in [0.2, 0.25) is 0 Å². The molecule has 0 radical (unpaired) electrons. The van der Waals surface area contributed by atoms with E-state index in [2.05, 4.69) is 32.9 Å². The highest BCUT2D eigenvalue weighted by molar-refractivity contribution is 5.71. The van der Waals surface area contributed by atoms with Crippen LogP contribution >= 0.6 is 0 Å². The number of unbranched alkanes of at least 4 members (excludes halogenated alkanes) is 40. The number of carbonyl (C=O) groups is 3. The highest BCUT2D eigenvalue weighted by atomic mass is 16.6. The Bertz CT molecular complexity index is 993. The lowest BCUT2D eigenvalue weighted by molar-refractivity contribution is -0.167. The number of hydrogen-bond acceptors (Lipinski definition) is 6. The molecule has 1 unspecified atom stereocenters. The third kappa shape index (κ3) is 51.1. The largest absolute Gasteiger partial charge is 0.462 e. The molecule has 0 aromatic heterocycles. The van der Waals surface area contributed by atoms with Gasteiger partial charge in [0.05, 0.1) is 0 Å². The average Bonchev–Trinajstić information content (AvgIpc) is 3.29. The number of ether oxygens (including phenoxy) is 3. The number of carbonyl (C=O) groups excluding carboxylic acids is 3. The average molecular weight is 904 g/mol. The molecule has 1 atom stereocenters. The van der Waals surface area contributed by atoms with Gasteiger partial charge in [-0.05, 0) is 44.9 Å². The Balaban J connectivity index is 4.18. The molecule has 0 rings (SSSR count). The molecule has 0 bridgehead atoms. The van der Waals surface area contributed by atoms with E-state index < -0.39 is 6.10 Å². The minimum atomic E-state index is -0.763. The number of allylic oxidation sites excluding steroid dienone is 2. The fourth-order valence-electron chi connectivity index (χ4n) is 8.68. The summed E-state index contributed by atoms with van der Waals surface area (Å²) in [5.41, 5.74) is 0. The molecule has 6 nitrogen and oxygen atoms in total. The summed E-state index contributed by atoms with van der Waals surface area (Å²) in [5, 5.41) is 0. The van der Waals surface area contributed by atoms with E-state index in [4.69, 9.17) is 14.2 Å². The Morgan fingerprint density at radius 1 is 0.297 bits per heavy atom. The van der Waals surface area contributed by atoms with E-state index in [9.17, 15) is 14.4 Å². The second-order valence-electron chi connectivity index (χ2n) is 19.6. The summed E-state index contributed by atoms with van der Waals surface area (Å²) in [6, 6.07) is 0. The second-order valence-corrected chi connectivity index (χ2v) is 19.6. The molecule has 0 saturated carbocycles. The SMILES string of the molecule is CCCCCCCCCC/C=C\CCCCCCCCCCCC(=O)OCC(COC(=O)CCCCCCCCCC)OC(=O)CCCCCCCCCCCCCCCCCCC. The molecule has 64 heavy (non-hydrogen) atoms. The van der Waals surface area contributed by atoms with Gasteiger partial charge in [0.1, 0.15) is 13.2 Å². The summed E-state index contributed by atoms with van der Waals surface area (Å²) >= 11 is 0. The normalized spacial score (nSPS) is 12.0. The van der Waals surface area contributed by atoms with Crippen LogP contribution in [-0.2, 0) is 28.6 Å². The van der Waals surface area contributed by atoms with Crippen molar-refractivity contribution in [1.29, 1.82) is 0 Å². The van der Waals surface area contributed by atoms with E-state index in [1.54, 1.807) is 0 Å². The Hall–Kier alpha value is -1.85. The molecule has 0 fully saturated rings. The quantitative estimate of drug-likeness (QED) is 0.0262. The van der Waals surface area contributed by atoms with Crippen LogP contribution in [0.4, 0.5) is 0 Å². The van der Waals surface area contributed by atoms with E-state index in [1.165, 1.54) is 225 Å². The summed E-state index contributed by atoms with van der Waals surface area (Å²) in [4.78, 5) is 38.0. The standard InChI is InChI=1S/C58H110O6/c1-4-7-10-13-16-19-21-23-25-27-28-29-30-32-33-35-37-39-42-45-48-51-57(60)63-54-55(53-62-56(59)50-47-44-41-18-15-12-9-6-3)64-58(61)52-49-46-43-40-38-36-34-31-26-24-22-20-17-14-11-8-5-2/h27-28,55H,4-26,29-54H2,1-3H3/b28-27-. The van der Waals surface area contributed by atoms with Crippen molar-refractivity contribution in [2.24, 2.45) is 0 Å². The van der Waals surface area contributed by atoms with Crippen LogP contribution < -0.4 is 0 Å². The monoisotopic (exact) mass is 903 g/mol. The highest BCUT2D eigenvalue weighted by Gasteiger charge is 2.19. The lowest BCUT2D eigenvalue weighted by Gasteiger charge is -2.18. The predicted molar refractivity (Wildman–Crippen MR) is 275 cm³/mol. The Kier molecular flexibility index (Phi) is 52.2. The molecule has 378 valence electrons. The van der Waals surface area contributed by atoms with Crippen molar-refractivity contribution in [2.45, 2.75) is 329 Å². The van der Waals surface area contributed by atoms with Gasteiger partial charge in [-0.25, -0.2) is 0 Å². The smallest absolute Gasteiger partial charge is 0.306 e. The minimum Gasteiger partial charge on any atom is -0.462 e. The minimum absolute atomic E-state index is 0.0655. The van der Waals surface area contributed by atoms with E-state index in [-0.39, 0.29) is 31.1 Å². The highest BCUT2D eigenvalue weighted by Crippen LogP contribution is 2.17. The first-order chi connectivity index (χ1) is 31.5. The summed E-state index contributed by atoms with van der Waals surface area (Å²) < 4.78 is 16.8. The van der Waals surface area contributed by atoms with Crippen LogP contribution in [0.2, 0.25) is 0 Å². The van der Waals surface area contributed by atoms with Gasteiger partial charge in [-0.2, -0.15) is 0 Å². The lowest BCUT2D eigenvalue weighted by atomic mass is 10.0. The van der Waals surface area contributed by atoms with Crippen LogP contribution in [0.5, 0.6) is 0 Å². The third-order valence-corrected chi connectivity index (χ3v) is 13.0. The number of rotatable bonds is 53. The van der Waals surface area contributed by atoms with Crippen LogP contribution in [0.25, 0.3) is 0 Å². The molecule has 0 saturated heterocycles. The first-order valence-corrected chi connectivity index (χ1v) is 28.7. The molecule has 0 N–H and O–H groups in total. The predicted octanol–water partition coefficient (Wildman–Crippen LogP) is 18.9. The van der Waals surface area contributed by atoms with Crippen LogP contribution in [0, 0.1) is 0 Å². The van der Waals surface area contributed by atoms with Gasteiger partial charge in [-0.3, -0.25) is 14.4 Å². The molecule has 0 aromatic carbocycles. The molecule has 0 heterocycles. The molecule has 6 heteroatoms. The van der Waals surface area contributed by atoms with Crippen LogP contribution in [0.3, 0.4) is 0 Å². The van der Waals surface area contributed by atoms with Crippen molar-refractivity contribution in [3.05, 3.63) is 12.2 Å². The molecule has 0 spiro atoms. The zero-order valence-electron chi connectivity index (χ0n) is 43.3. The van der Waals surface area contributed by atoms with Gasteiger partial charge in [-0.15, -0.1) is 0 Å². The van der Waals surface area contributed by atoms with Gasteiger partial charge in [0, 0.05) is 19.3 Å². The topological polar surface area (TPSA) is 78.9 Å². The van der Waals surface area contributed by atoms with Crippen molar-refractivity contribution in [3.8, 4) is 0 Å². The van der Waals surface area contributed by atoms with E-state index in [0.717, 1.165) is 57.8 Å². The van der Waals surface area contributed by atoms with Gasteiger partial charge in [-0.1, -0.05) is 270 Å². The first-order valence-electron chi connectivity index (χ1n) is 28.7. The van der Waals surface area contributed by atoms with E-state index in [0.29, 0.717) is 19.3 Å². The van der Waals surface area contributed by atoms with Crippen LogP contribution in [-0.4, -0.2) is 37.2 Å². The van der Waals surface area contributed by atoms with Gasteiger partial charge in [0.25, 0.3) is 0 Å². The summed E-state index contributed by atoms with van der Waals surface area (Å²) in [6.45, 7) is 6.66. The van der Waals surface area contributed by atoms with Crippen molar-refractivity contribution < 1.29 is 28.6 Å². The van der Waals surface area contributed by atoms with Crippen molar-refractivity contribution in [1.82, 2.24) is 0 Å². The van der Waals surface area contributed by atoms with Crippen LogP contribution in [0.1, 0.15) is 323 Å². The van der Waals surface area contributed by atoms with Crippen molar-refractivity contribution in [3.63, 3.8) is 0 Å². The molecule has 0 aromatic rings. The van der Waals surface area contributed by atoms with Crippen LogP contribution in [0.15, 0.2) is 12.2 Å². The Labute approximate surface area is 399 Å². The fraction of sp³-hybridized carbons (Fsp3) is 0.914. The maximum Gasteiger partial charge on any atom is 0.306 e. The molecular formula is C58H110O6. The van der Waals surface area contributed by atoms with Crippen molar-refractivity contribution in [2.75, 3.05) is 13.2 Å².